The predicted octanol–water partition coefficient (Wildman–Crippen LogP) is 3.12. The summed E-state index contributed by atoms with van der Waals surface area (Å²) in [5, 5.41) is 0. The monoisotopic (exact) mass is 326 g/mol. The first-order valence-corrected chi connectivity index (χ1v) is 7.88. The van der Waals surface area contributed by atoms with Crippen LogP contribution in [0.3, 0.4) is 0 Å². The van der Waals surface area contributed by atoms with Crippen molar-refractivity contribution < 1.29 is 4.39 Å². The molecule has 0 N–H and O–H groups in total. The fourth-order valence-electron chi connectivity index (χ4n) is 2.69. The predicted molar refractivity (Wildman–Crippen MR) is 78.5 cm³/mol. The summed E-state index contributed by atoms with van der Waals surface area (Å²) in [7, 11) is 0. The molecule has 0 radical (unpaired) electrons. The summed E-state index contributed by atoms with van der Waals surface area (Å²) in [5.41, 5.74) is 0.804. The van der Waals surface area contributed by atoms with Gasteiger partial charge in [-0.1, -0.05) is 22.0 Å². The SMILES string of the molecule is Fc1cc(Br)ccc1CN1CCN(CC2CC2)CC1. The number of hydrogen-bond acceptors (Lipinski definition) is 2. The molecule has 2 nitrogen and oxygen atoms in total. The van der Waals surface area contributed by atoms with Gasteiger partial charge in [-0.3, -0.25) is 4.90 Å². The molecule has 1 saturated heterocycles. The zero-order chi connectivity index (χ0) is 13.2. The van der Waals surface area contributed by atoms with Crippen molar-refractivity contribution in [2.75, 3.05) is 32.7 Å². The molecule has 3 rings (SSSR count). The van der Waals surface area contributed by atoms with Crippen molar-refractivity contribution in [1.29, 1.82) is 0 Å². The summed E-state index contributed by atoms with van der Waals surface area (Å²) in [4.78, 5) is 4.92. The van der Waals surface area contributed by atoms with Gasteiger partial charge in [0.25, 0.3) is 0 Å². The fourth-order valence-corrected chi connectivity index (χ4v) is 3.02. The van der Waals surface area contributed by atoms with Crippen LogP contribution in [0.15, 0.2) is 22.7 Å². The van der Waals surface area contributed by atoms with Crippen LogP contribution in [0.25, 0.3) is 0 Å². The largest absolute Gasteiger partial charge is 0.301 e. The van der Waals surface area contributed by atoms with Crippen LogP contribution >= 0.6 is 15.9 Å². The van der Waals surface area contributed by atoms with Gasteiger partial charge in [-0.05, 0) is 30.9 Å². The Labute approximate surface area is 122 Å². The highest BCUT2D eigenvalue weighted by Crippen LogP contribution is 2.30. The van der Waals surface area contributed by atoms with Crippen LogP contribution in [0.5, 0.6) is 0 Å². The highest BCUT2D eigenvalue weighted by atomic mass is 79.9. The Kier molecular flexibility index (Phi) is 4.20. The van der Waals surface area contributed by atoms with Gasteiger partial charge in [0.2, 0.25) is 0 Å². The first-order valence-electron chi connectivity index (χ1n) is 7.09. The summed E-state index contributed by atoms with van der Waals surface area (Å²) >= 11 is 3.30. The quantitative estimate of drug-likeness (QED) is 0.838. The Bertz CT molecular complexity index is 440. The minimum absolute atomic E-state index is 0.102. The highest BCUT2D eigenvalue weighted by molar-refractivity contribution is 9.10. The molecular formula is C15H20BrFN2. The van der Waals surface area contributed by atoms with E-state index in [0.717, 1.165) is 48.7 Å². The van der Waals surface area contributed by atoms with Crippen LogP contribution < -0.4 is 0 Å². The summed E-state index contributed by atoms with van der Waals surface area (Å²) in [6, 6.07) is 5.36. The minimum Gasteiger partial charge on any atom is -0.301 e. The summed E-state index contributed by atoms with van der Waals surface area (Å²) < 4.78 is 14.6. The van der Waals surface area contributed by atoms with Crippen LogP contribution in [0, 0.1) is 11.7 Å². The van der Waals surface area contributed by atoms with Gasteiger partial charge in [0.1, 0.15) is 5.82 Å². The van der Waals surface area contributed by atoms with Gasteiger partial charge < -0.3 is 4.90 Å². The summed E-state index contributed by atoms with van der Waals surface area (Å²) in [5.74, 6) is 0.866. The molecule has 1 saturated carbocycles. The molecule has 0 bridgehead atoms. The molecule has 104 valence electrons. The van der Waals surface area contributed by atoms with Crippen LogP contribution in [-0.2, 0) is 6.54 Å². The topological polar surface area (TPSA) is 6.48 Å². The highest BCUT2D eigenvalue weighted by Gasteiger charge is 2.26. The van der Waals surface area contributed by atoms with Crippen molar-refractivity contribution >= 4 is 15.9 Å². The molecule has 0 atom stereocenters. The van der Waals surface area contributed by atoms with Gasteiger partial charge in [-0.15, -0.1) is 0 Å². The lowest BCUT2D eigenvalue weighted by molar-refractivity contribution is 0.122. The van der Waals surface area contributed by atoms with Gasteiger partial charge >= 0.3 is 0 Å². The Morgan fingerprint density at radius 1 is 1.11 bits per heavy atom. The van der Waals surface area contributed by atoms with Crippen molar-refractivity contribution in [2.24, 2.45) is 5.92 Å². The average Bonchev–Trinajstić information content (AvgIpc) is 3.19. The molecule has 1 aliphatic carbocycles. The van der Waals surface area contributed by atoms with Crippen LogP contribution in [0.2, 0.25) is 0 Å². The van der Waals surface area contributed by atoms with E-state index in [4.69, 9.17) is 0 Å². The molecule has 4 heteroatoms. The van der Waals surface area contributed by atoms with E-state index < -0.39 is 0 Å². The normalized spacial score (nSPS) is 21.8. The average molecular weight is 327 g/mol. The Balaban J connectivity index is 1.50. The van der Waals surface area contributed by atoms with E-state index in [1.54, 1.807) is 6.07 Å². The number of hydrogen-bond donors (Lipinski definition) is 0. The second kappa shape index (κ2) is 5.90. The number of piperazine rings is 1. The lowest BCUT2D eigenvalue weighted by atomic mass is 10.2. The zero-order valence-electron chi connectivity index (χ0n) is 11.1. The van der Waals surface area contributed by atoms with Crippen molar-refractivity contribution in [2.45, 2.75) is 19.4 Å². The third-order valence-corrected chi connectivity index (χ3v) is 4.58. The van der Waals surface area contributed by atoms with Crippen LogP contribution in [0.1, 0.15) is 18.4 Å². The molecular weight excluding hydrogens is 307 g/mol. The Hall–Kier alpha value is -0.450. The molecule has 1 aliphatic heterocycles. The van der Waals surface area contributed by atoms with E-state index in [2.05, 4.69) is 25.7 Å². The van der Waals surface area contributed by atoms with Gasteiger partial charge in [-0.25, -0.2) is 4.39 Å². The lowest BCUT2D eigenvalue weighted by Gasteiger charge is -2.34. The Morgan fingerprint density at radius 3 is 2.42 bits per heavy atom. The number of benzene rings is 1. The minimum atomic E-state index is -0.102. The second-order valence-corrected chi connectivity index (χ2v) is 6.67. The molecule has 0 amide bonds. The molecule has 0 spiro atoms. The first kappa shape index (κ1) is 13.5. The van der Waals surface area contributed by atoms with Crippen molar-refractivity contribution in [3.63, 3.8) is 0 Å². The third-order valence-electron chi connectivity index (χ3n) is 4.09. The molecule has 0 aromatic heterocycles. The Morgan fingerprint density at radius 2 is 1.79 bits per heavy atom. The van der Waals surface area contributed by atoms with Crippen LogP contribution in [0.4, 0.5) is 4.39 Å². The van der Waals surface area contributed by atoms with Gasteiger partial charge in [0, 0.05) is 49.3 Å². The van der Waals surface area contributed by atoms with E-state index in [9.17, 15) is 4.39 Å². The summed E-state index contributed by atoms with van der Waals surface area (Å²) in [6.07, 6.45) is 2.84. The van der Waals surface area contributed by atoms with E-state index in [0.29, 0.717) is 0 Å². The zero-order valence-corrected chi connectivity index (χ0v) is 12.7. The maximum atomic E-state index is 13.8. The number of nitrogens with zero attached hydrogens (tertiary/aromatic N) is 2. The fraction of sp³-hybridized carbons (Fsp3) is 0.600. The lowest BCUT2D eigenvalue weighted by Crippen LogP contribution is -2.46. The number of rotatable bonds is 4. The van der Waals surface area contributed by atoms with Gasteiger partial charge in [0.15, 0.2) is 0 Å². The van der Waals surface area contributed by atoms with E-state index in [1.807, 2.05) is 12.1 Å². The summed E-state index contributed by atoms with van der Waals surface area (Å²) in [6.45, 7) is 6.39. The number of halogens is 2. The molecule has 1 aromatic rings. The van der Waals surface area contributed by atoms with Crippen molar-refractivity contribution in [3.05, 3.63) is 34.1 Å². The standard InChI is InChI=1S/C15H20BrFN2/c16-14-4-3-13(15(17)9-14)11-19-7-5-18(6-8-19)10-12-1-2-12/h3-4,9,12H,1-2,5-8,10-11H2. The smallest absolute Gasteiger partial charge is 0.128 e. The van der Waals surface area contributed by atoms with E-state index >= 15 is 0 Å². The molecule has 2 fully saturated rings. The van der Waals surface area contributed by atoms with Crippen molar-refractivity contribution in [3.8, 4) is 0 Å². The second-order valence-electron chi connectivity index (χ2n) is 5.76. The van der Waals surface area contributed by atoms with Crippen molar-refractivity contribution in [1.82, 2.24) is 9.80 Å². The first-order chi connectivity index (χ1) is 9.20. The van der Waals surface area contributed by atoms with Gasteiger partial charge in [-0.2, -0.15) is 0 Å². The maximum Gasteiger partial charge on any atom is 0.128 e. The van der Waals surface area contributed by atoms with E-state index in [1.165, 1.54) is 19.4 Å². The van der Waals surface area contributed by atoms with E-state index in [-0.39, 0.29) is 5.82 Å². The van der Waals surface area contributed by atoms with Gasteiger partial charge in [0.05, 0.1) is 0 Å². The third kappa shape index (κ3) is 3.77. The molecule has 1 aromatic carbocycles. The molecule has 0 unspecified atom stereocenters. The molecule has 1 heterocycles. The maximum absolute atomic E-state index is 13.8. The van der Waals surface area contributed by atoms with Crippen LogP contribution in [-0.4, -0.2) is 42.5 Å². The molecule has 19 heavy (non-hydrogen) atoms. The molecule has 2 aliphatic rings.